The first-order chi connectivity index (χ1) is 16.7. The molecule has 9 nitrogen and oxygen atoms in total. The highest BCUT2D eigenvalue weighted by Crippen LogP contribution is 2.33. The Bertz CT molecular complexity index is 1370. The van der Waals surface area contributed by atoms with Crippen LogP contribution in [0.15, 0.2) is 76.5 Å². The Balaban J connectivity index is 1.55. The molecule has 1 aliphatic heterocycles. The van der Waals surface area contributed by atoms with Crippen LogP contribution in [0.5, 0.6) is 5.75 Å². The van der Waals surface area contributed by atoms with Gasteiger partial charge in [0.25, 0.3) is 11.6 Å². The Labute approximate surface area is 207 Å². The van der Waals surface area contributed by atoms with Gasteiger partial charge in [-0.25, -0.2) is 8.42 Å². The maximum Gasteiger partial charge on any atom is 0.289 e. The molecular weight excluding hydrogens is 494 g/mol. The molecule has 1 saturated heterocycles. The fourth-order valence-corrected chi connectivity index (χ4v) is 5.86. The number of carbonyl (C=O) groups is 1. The van der Waals surface area contributed by atoms with Crippen molar-refractivity contribution in [1.29, 1.82) is 0 Å². The van der Waals surface area contributed by atoms with Crippen LogP contribution < -0.4 is 9.64 Å². The van der Waals surface area contributed by atoms with Crippen LogP contribution in [0.25, 0.3) is 0 Å². The summed E-state index contributed by atoms with van der Waals surface area (Å²) in [5.41, 5.74) is 0.378. The summed E-state index contributed by atoms with van der Waals surface area (Å²) in [6, 6.07) is 16.7. The average molecular weight is 516 g/mol. The first-order valence-electron chi connectivity index (χ1n) is 10.7. The van der Waals surface area contributed by atoms with Crippen molar-refractivity contribution in [2.45, 2.75) is 9.79 Å². The molecule has 0 saturated carbocycles. The zero-order chi connectivity index (χ0) is 25.2. The van der Waals surface area contributed by atoms with E-state index in [-0.39, 0.29) is 15.5 Å². The van der Waals surface area contributed by atoms with Crippen LogP contribution in [0.3, 0.4) is 0 Å². The number of ether oxygens (including phenoxy) is 1. The summed E-state index contributed by atoms with van der Waals surface area (Å²) in [4.78, 5) is 27.0. The molecule has 182 valence electrons. The van der Waals surface area contributed by atoms with Gasteiger partial charge >= 0.3 is 0 Å². The van der Waals surface area contributed by atoms with Gasteiger partial charge in [0.15, 0.2) is 0 Å². The highest BCUT2D eigenvalue weighted by atomic mass is 35.5. The number of nitrogens with zero attached hydrogens (tertiary/aromatic N) is 3. The number of methoxy groups -OCH3 is 1. The zero-order valence-corrected chi connectivity index (χ0v) is 20.3. The van der Waals surface area contributed by atoms with Gasteiger partial charge in [0, 0.05) is 43.5 Å². The molecule has 1 fully saturated rings. The van der Waals surface area contributed by atoms with Gasteiger partial charge in [-0.05, 0) is 48.5 Å². The van der Waals surface area contributed by atoms with E-state index in [4.69, 9.17) is 16.3 Å². The summed E-state index contributed by atoms with van der Waals surface area (Å²) in [5, 5.41) is 11.7. The number of nitro benzene ring substituents is 1. The number of amides is 1. The second-order valence-electron chi connectivity index (χ2n) is 7.85. The Hall–Kier alpha value is -3.63. The van der Waals surface area contributed by atoms with Crippen molar-refractivity contribution < 1.29 is 22.9 Å². The smallest absolute Gasteiger partial charge is 0.289 e. The summed E-state index contributed by atoms with van der Waals surface area (Å²) in [5.74, 6) is 0.355. The maximum absolute atomic E-state index is 13.1. The molecule has 0 aliphatic carbocycles. The van der Waals surface area contributed by atoms with Gasteiger partial charge in [-0.2, -0.15) is 0 Å². The Kier molecular flexibility index (Phi) is 6.95. The van der Waals surface area contributed by atoms with Crippen LogP contribution in [0.2, 0.25) is 5.02 Å². The van der Waals surface area contributed by atoms with Crippen molar-refractivity contribution in [2.24, 2.45) is 0 Å². The fourth-order valence-electron chi connectivity index (χ4n) is 3.94. The molecule has 3 aromatic rings. The summed E-state index contributed by atoms with van der Waals surface area (Å²) < 4.78 is 31.3. The predicted octanol–water partition coefficient (Wildman–Crippen LogP) is 4.05. The number of piperazine rings is 1. The molecule has 0 unspecified atom stereocenters. The molecule has 0 radical (unpaired) electrons. The van der Waals surface area contributed by atoms with E-state index in [1.807, 2.05) is 24.3 Å². The van der Waals surface area contributed by atoms with E-state index in [0.717, 1.165) is 23.6 Å². The van der Waals surface area contributed by atoms with Gasteiger partial charge in [0.05, 0.1) is 22.0 Å². The van der Waals surface area contributed by atoms with Gasteiger partial charge in [-0.1, -0.05) is 23.7 Å². The quantitative estimate of drug-likeness (QED) is 0.359. The molecule has 1 aliphatic rings. The molecule has 35 heavy (non-hydrogen) atoms. The molecule has 1 amide bonds. The zero-order valence-electron chi connectivity index (χ0n) is 18.8. The SMILES string of the molecule is COc1ccc(N2CCN(C(=O)c3ccc(S(=O)(=O)c4ccccc4Cl)c([N+](=O)[O-])c3)CC2)cc1. The van der Waals surface area contributed by atoms with E-state index in [1.165, 1.54) is 24.3 Å². The second kappa shape index (κ2) is 9.93. The lowest BCUT2D eigenvalue weighted by atomic mass is 10.1. The van der Waals surface area contributed by atoms with Crippen molar-refractivity contribution >= 4 is 38.7 Å². The number of anilines is 1. The van der Waals surface area contributed by atoms with E-state index in [0.29, 0.717) is 26.2 Å². The van der Waals surface area contributed by atoms with Crippen molar-refractivity contribution in [2.75, 3.05) is 38.2 Å². The largest absolute Gasteiger partial charge is 0.497 e. The lowest BCUT2D eigenvalue weighted by Gasteiger charge is -2.36. The molecule has 0 bridgehead atoms. The van der Waals surface area contributed by atoms with E-state index in [9.17, 15) is 23.3 Å². The number of halogens is 1. The van der Waals surface area contributed by atoms with Gasteiger partial charge in [0.2, 0.25) is 9.84 Å². The molecule has 0 aromatic heterocycles. The van der Waals surface area contributed by atoms with Crippen molar-refractivity contribution in [3.63, 3.8) is 0 Å². The summed E-state index contributed by atoms with van der Waals surface area (Å²) in [6.07, 6.45) is 0. The van der Waals surface area contributed by atoms with Crippen LogP contribution >= 0.6 is 11.6 Å². The number of sulfone groups is 1. The minimum absolute atomic E-state index is 0.0447. The summed E-state index contributed by atoms with van der Waals surface area (Å²) >= 11 is 6.02. The van der Waals surface area contributed by atoms with E-state index in [2.05, 4.69) is 4.90 Å². The summed E-state index contributed by atoms with van der Waals surface area (Å²) in [6.45, 7) is 1.99. The second-order valence-corrected chi connectivity index (χ2v) is 10.1. The number of nitro groups is 1. The number of rotatable bonds is 6. The third-order valence-electron chi connectivity index (χ3n) is 5.82. The van der Waals surface area contributed by atoms with Crippen LogP contribution in [0, 0.1) is 10.1 Å². The lowest BCUT2D eigenvalue weighted by Crippen LogP contribution is -2.48. The lowest BCUT2D eigenvalue weighted by molar-refractivity contribution is -0.387. The van der Waals surface area contributed by atoms with Gasteiger partial charge in [0.1, 0.15) is 10.6 Å². The maximum atomic E-state index is 13.1. The van der Waals surface area contributed by atoms with Crippen LogP contribution in [0.1, 0.15) is 10.4 Å². The molecule has 0 spiro atoms. The van der Waals surface area contributed by atoms with Gasteiger partial charge in [-0.3, -0.25) is 14.9 Å². The van der Waals surface area contributed by atoms with E-state index in [1.54, 1.807) is 18.1 Å². The molecule has 11 heteroatoms. The highest BCUT2D eigenvalue weighted by molar-refractivity contribution is 7.91. The standard InChI is InChI=1S/C24H22ClN3O6S/c1-34-19-9-7-18(8-10-19)26-12-14-27(15-13-26)24(29)17-6-11-23(21(16-17)28(30)31)35(32,33)22-5-3-2-4-20(22)25/h2-11,16H,12-15H2,1H3. The molecular formula is C24H22ClN3O6S. The Morgan fingerprint density at radius 3 is 2.23 bits per heavy atom. The number of hydrogen-bond acceptors (Lipinski definition) is 7. The normalized spacial score (nSPS) is 14.0. The molecule has 1 heterocycles. The third kappa shape index (κ3) is 4.94. The minimum atomic E-state index is -4.27. The molecule has 0 N–H and O–H groups in total. The summed E-state index contributed by atoms with van der Waals surface area (Å²) in [7, 11) is -2.67. The third-order valence-corrected chi connectivity index (χ3v) is 8.12. The number of benzene rings is 3. The number of hydrogen-bond donors (Lipinski definition) is 0. The molecule has 0 atom stereocenters. The van der Waals surface area contributed by atoms with Crippen LogP contribution in [0.4, 0.5) is 11.4 Å². The van der Waals surface area contributed by atoms with Crippen LogP contribution in [-0.4, -0.2) is 57.4 Å². The molecule has 4 rings (SSSR count). The highest BCUT2D eigenvalue weighted by Gasteiger charge is 2.31. The first kappa shape index (κ1) is 24.5. The van der Waals surface area contributed by atoms with E-state index >= 15 is 0 Å². The van der Waals surface area contributed by atoms with Crippen molar-refractivity contribution in [1.82, 2.24) is 4.90 Å². The van der Waals surface area contributed by atoms with Gasteiger partial charge in [-0.15, -0.1) is 0 Å². The first-order valence-corrected chi connectivity index (χ1v) is 12.5. The van der Waals surface area contributed by atoms with E-state index < -0.39 is 31.3 Å². The monoisotopic (exact) mass is 515 g/mol. The Morgan fingerprint density at radius 1 is 0.971 bits per heavy atom. The van der Waals surface area contributed by atoms with Gasteiger partial charge < -0.3 is 14.5 Å². The number of carbonyl (C=O) groups excluding carboxylic acids is 1. The topological polar surface area (TPSA) is 110 Å². The average Bonchev–Trinajstić information content (AvgIpc) is 2.88. The fraction of sp³-hybridized carbons (Fsp3) is 0.208. The van der Waals surface area contributed by atoms with Crippen LogP contribution in [-0.2, 0) is 9.84 Å². The Morgan fingerprint density at radius 2 is 1.63 bits per heavy atom. The molecule has 3 aromatic carbocycles. The minimum Gasteiger partial charge on any atom is -0.497 e. The van der Waals surface area contributed by atoms with Crippen molar-refractivity contribution in [3.8, 4) is 5.75 Å². The van der Waals surface area contributed by atoms with Crippen molar-refractivity contribution in [3.05, 3.63) is 87.4 Å². The predicted molar refractivity (Wildman–Crippen MR) is 131 cm³/mol.